The van der Waals surface area contributed by atoms with Crippen molar-refractivity contribution in [2.24, 2.45) is 0 Å². The van der Waals surface area contributed by atoms with Gasteiger partial charge < -0.3 is 10.6 Å². The fourth-order valence-corrected chi connectivity index (χ4v) is 4.48. The first kappa shape index (κ1) is 23.9. The number of aromatic nitrogens is 2. The van der Waals surface area contributed by atoms with E-state index in [0.717, 1.165) is 48.0 Å². The number of nitrogens with zero attached hydrogens (tertiary/aromatic N) is 4. The molecule has 0 bridgehead atoms. The number of benzene rings is 2. The number of nitrogens with one attached hydrogen (secondary N) is 2. The molecule has 0 aliphatic carbocycles. The van der Waals surface area contributed by atoms with E-state index in [2.05, 4.69) is 30.6 Å². The molecule has 0 unspecified atom stereocenters. The second kappa shape index (κ2) is 10.8. The summed E-state index contributed by atoms with van der Waals surface area (Å²) in [7, 11) is 0. The molecule has 1 aromatic heterocycles. The number of hydrogen-bond acceptors (Lipinski definition) is 7. The lowest BCUT2D eigenvalue weighted by Gasteiger charge is -2.33. The molecule has 2 heterocycles. The number of hydrogen-bond donors (Lipinski definition) is 2. The van der Waals surface area contributed by atoms with Crippen molar-refractivity contribution in [3.8, 4) is 0 Å². The number of carbonyl (C=O) groups excluding carboxylic acids is 2. The lowest BCUT2D eigenvalue weighted by atomic mass is 10.1. The minimum absolute atomic E-state index is 0.0110. The molecule has 0 atom stereocenters. The van der Waals surface area contributed by atoms with Gasteiger partial charge in [-0.15, -0.1) is 10.2 Å². The number of aryl methyl sites for hydroxylation is 1. The van der Waals surface area contributed by atoms with Crippen molar-refractivity contribution < 1.29 is 14.0 Å². The maximum absolute atomic E-state index is 13.0. The maximum Gasteiger partial charge on any atom is 0.286 e. The third-order valence-corrected chi connectivity index (χ3v) is 6.74. The van der Waals surface area contributed by atoms with Gasteiger partial charge in [0.2, 0.25) is 10.9 Å². The molecule has 0 spiro atoms. The summed E-state index contributed by atoms with van der Waals surface area (Å²) in [6.07, 6.45) is 0. The fraction of sp³-hybridized carbons (Fsp3) is 0.333. The average molecular weight is 483 g/mol. The predicted octanol–water partition coefficient (Wildman–Crippen LogP) is 3.30. The Labute approximate surface area is 201 Å². The first-order valence-corrected chi connectivity index (χ1v) is 11.9. The van der Waals surface area contributed by atoms with Crippen LogP contribution in [-0.2, 0) is 11.3 Å². The summed E-state index contributed by atoms with van der Waals surface area (Å²) in [5.41, 5.74) is 3.60. The summed E-state index contributed by atoms with van der Waals surface area (Å²) in [4.78, 5) is 29.2. The SMILES string of the molecule is Cc1cccc(NC(=O)CN2CCN(Cc3nnc(C(=O)Nc4ccc(F)cc4)s3)CC2)c1C. The van der Waals surface area contributed by atoms with E-state index < -0.39 is 0 Å². The monoisotopic (exact) mass is 482 g/mol. The average Bonchev–Trinajstić information content (AvgIpc) is 3.28. The summed E-state index contributed by atoms with van der Waals surface area (Å²) in [6, 6.07) is 11.5. The molecule has 0 radical (unpaired) electrons. The van der Waals surface area contributed by atoms with Gasteiger partial charge in [-0.25, -0.2) is 4.39 Å². The topological polar surface area (TPSA) is 90.5 Å². The number of amides is 2. The maximum atomic E-state index is 13.0. The summed E-state index contributed by atoms with van der Waals surface area (Å²) in [5.74, 6) is -0.739. The molecule has 1 saturated heterocycles. The van der Waals surface area contributed by atoms with Crippen LogP contribution in [0.5, 0.6) is 0 Å². The molecular formula is C24H27FN6O2S. The Hall–Kier alpha value is -3.21. The lowest BCUT2D eigenvalue weighted by molar-refractivity contribution is -0.117. The predicted molar refractivity (Wildman–Crippen MR) is 131 cm³/mol. The molecule has 2 aromatic carbocycles. The second-order valence-corrected chi connectivity index (χ2v) is 9.37. The smallest absolute Gasteiger partial charge is 0.286 e. The van der Waals surface area contributed by atoms with Crippen molar-refractivity contribution in [3.05, 3.63) is 69.4 Å². The Bertz CT molecular complexity index is 1160. The molecule has 1 aliphatic heterocycles. The van der Waals surface area contributed by atoms with Crippen molar-refractivity contribution in [3.63, 3.8) is 0 Å². The van der Waals surface area contributed by atoms with Crippen LogP contribution in [-0.4, -0.2) is 64.5 Å². The second-order valence-electron chi connectivity index (χ2n) is 8.31. The van der Waals surface area contributed by atoms with Gasteiger partial charge in [0.1, 0.15) is 10.8 Å². The highest BCUT2D eigenvalue weighted by molar-refractivity contribution is 7.13. The third kappa shape index (κ3) is 6.22. The van der Waals surface area contributed by atoms with Crippen molar-refractivity contribution in [2.45, 2.75) is 20.4 Å². The van der Waals surface area contributed by atoms with Crippen LogP contribution in [0, 0.1) is 19.7 Å². The zero-order valence-electron chi connectivity index (χ0n) is 19.2. The number of anilines is 2. The van der Waals surface area contributed by atoms with E-state index in [-0.39, 0.29) is 22.6 Å². The lowest BCUT2D eigenvalue weighted by Crippen LogP contribution is -2.48. The third-order valence-electron chi connectivity index (χ3n) is 5.83. The van der Waals surface area contributed by atoms with Crippen LogP contribution in [0.4, 0.5) is 15.8 Å². The van der Waals surface area contributed by atoms with Crippen LogP contribution < -0.4 is 10.6 Å². The van der Waals surface area contributed by atoms with Gasteiger partial charge in [-0.3, -0.25) is 19.4 Å². The van der Waals surface area contributed by atoms with Gasteiger partial charge in [-0.05, 0) is 55.3 Å². The molecule has 1 aliphatic rings. The van der Waals surface area contributed by atoms with Crippen LogP contribution in [0.3, 0.4) is 0 Å². The minimum Gasteiger partial charge on any atom is -0.325 e. The van der Waals surface area contributed by atoms with Gasteiger partial charge in [-0.1, -0.05) is 23.5 Å². The summed E-state index contributed by atoms with van der Waals surface area (Å²) >= 11 is 1.24. The van der Waals surface area contributed by atoms with Crippen LogP contribution in [0.15, 0.2) is 42.5 Å². The number of rotatable bonds is 7. The van der Waals surface area contributed by atoms with E-state index in [1.54, 1.807) is 0 Å². The Morgan fingerprint density at radius 3 is 2.41 bits per heavy atom. The molecule has 8 nitrogen and oxygen atoms in total. The summed E-state index contributed by atoms with van der Waals surface area (Å²) in [6.45, 7) is 8.14. The van der Waals surface area contributed by atoms with Gasteiger partial charge in [0, 0.05) is 37.6 Å². The van der Waals surface area contributed by atoms with Gasteiger partial charge in [-0.2, -0.15) is 0 Å². The minimum atomic E-state index is -0.366. The van der Waals surface area contributed by atoms with E-state index in [1.165, 1.54) is 35.6 Å². The summed E-state index contributed by atoms with van der Waals surface area (Å²) in [5, 5.41) is 14.9. The number of piperazine rings is 1. The van der Waals surface area contributed by atoms with E-state index >= 15 is 0 Å². The van der Waals surface area contributed by atoms with E-state index in [1.807, 2.05) is 32.0 Å². The Balaban J connectivity index is 1.22. The van der Waals surface area contributed by atoms with Crippen LogP contribution >= 0.6 is 11.3 Å². The van der Waals surface area contributed by atoms with Gasteiger partial charge in [0.05, 0.1) is 13.1 Å². The zero-order valence-corrected chi connectivity index (χ0v) is 20.0. The molecule has 10 heteroatoms. The largest absolute Gasteiger partial charge is 0.325 e. The highest BCUT2D eigenvalue weighted by Crippen LogP contribution is 2.19. The first-order chi connectivity index (χ1) is 16.4. The molecule has 4 rings (SSSR count). The first-order valence-electron chi connectivity index (χ1n) is 11.1. The Morgan fingerprint density at radius 2 is 1.68 bits per heavy atom. The molecule has 2 amide bonds. The molecule has 1 fully saturated rings. The molecule has 0 saturated carbocycles. The molecule has 3 aromatic rings. The molecule has 34 heavy (non-hydrogen) atoms. The fourth-order valence-electron chi connectivity index (χ4n) is 3.70. The van der Waals surface area contributed by atoms with E-state index in [9.17, 15) is 14.0 Å². The Kier molecular flexibility index (Phi) is 7.61. The quantitative estimate of drug-likeness (QED) is 0.537. The standard InChI is InChI=1S/C24H27FN6O2S/c1-16-4-3-5-20(17(16)2)27-21(32)14-30-10-12-31(13-11-30)15-22-28-29-24(34-22)23(33)26-19-8-6-18(25)7-9-19/h3-9H,10-15H2,1-2H3,(H,26,33)(H,27,32). The normalized spacial score (nSPS) is 14.7. The van der Waals surface area contributed by atoms with E-state index in [4.69, 9.17) is 0 Å². The van der Waals surface area contributed by atoms with Crippen molar-refractivity contribution in [2.75, 3.05) is 43.4 Å². The number of carbonyl (C=O) groups is 2. The van der Waals surface area contributed by atoms with Gasteiger partial charge in [0.15, 0.2) is 0 Å². The van der Waals surface area contributed by atoms with Gasteiger partial charge >= 0.3 is 0 Å². The summed E-state index contributed by atoms with van der Waals surface area (Å²) < 4.78 is 13.0. The van der Waals surface area contributed by atoms with Crippen molar-refractivity contribution in [1.29, 1.82) is 0 Å². The highest BCUT2D eigenvalue weighted by atomic mass is 32.1. The van der Waals surface area contributed by atoms with Crippen molar-refractivity contribution in [1.82, 2.24) is 20.0 Å². The van der Waals surface area contributed by atoms with Gasteiger partial charge in [0.25, 0.3) is 5.91 Å². The zero-order chi connectivity index (χ0) is 24.1. The molecular weight excluding hydrogens is 455 g/mol. The highest BCUT2D eigenvalue weighted by Gasteiger charge is 2.21. The molecule has 178 valence electrons. The molecule has 2 N–H and O–H groups in total. The van der Waals surface area contributed by atoms with Crippen LogP contribution in [0.2, 0.25) is 0 Å². The van der Waals surface area contributed by atoms with Crippen molar-refractivity contribution >= 4 is 34.5 Å². The van der Waals surface area contributed by atoms with E-state index in [0.29, 0.717) is 18.8 Å². The Morgan fingerprint density at radius 1 is 0.971 bits per heavy atom. The van der Waals surface area contributed by atoms with Crippen LogP contribution in [0.1, 0.15) is 25.9 Å². The van der Waals surface area contributed by atoms with Crippen LogP contribution in [0.25, 0.3) is 0 Å². The number of halogens is 1.